The molecule has 9 heteroatoms. The first-order valence-electron chi connectivity index (χ1n) is 12.1. The minimum absolute atomic E-state index is 0.245. The predicted molar refractivity (Wildman–Crippen MR) is 143 cm³/mol. The van der Waals surface area contributed by atoms with Crippen LogP contribution in [0.2, 0.25) is 5.02 Å². The molecular weight excluding hydrogens is 478 g/mol. The molecule has 8 nitrogen and oxygen atoms in total. The first-order chi connectivity index (χ1) is 17.5. The van der Waals surface area contributed by atoms with Crippen LogP contribution in [0.15, 0.2) is 67.0 Å². The Balaban J connectivity index is 0.00000145. The Morgan fingerprint density at radius 1 is 0.917 bits per heavy atom. The number of nitrogens with zero attached hydrogens (tertiary/aromatic N) is 3. The molecule has 0 spiro atoms. The number of nitrogens with one attached hydrogen (secondary N) is 2. The number of hydrogen-bond donors (Lipinski definition) is 3. The molecule has 0 unspecified atom stereocenters. The SMILES string of the molecule is CCC.O=C(CCCCCCNC(=O)c1cnc(N(c2ccccc2)c2ccccc2Cl)nc1)NO. The highest BCUT2D eigenvalue weighted by molar-refractivity contribution is 6.33. The molecule has 1 aromatic heterocycles. The normalized spacial score (nSPS) is 10.1. The summed E-state index contributed by atoms with van der Waals surface area (Å²) in [5.41, 5.74) is 3.56. The molecule has 0 radical (unpaired) electrons. The maximum absolute atomic E-state index is 12.4. The molecule has 36 heavy (non-hydrogen) atoms. The first-order valence-corrected chi connectivity index (χ1v) is 12.5. The Labute approximate surface area is 217 Å². The average Bonchev–Trinajstić information content (AvgIpc) is 2.90. The summed E-state index contributed by atoms with van der Waals surface area (Å²) in [6.07, 6.45) is 7.74. The lowest BCUT2D eigenvalue weighted by Gasteiger charge is -2.23. The van der Waals surface area contributed by atoms with E-state index in [9.17, 15) is 9.59 Å². The van der Waals surface area contributed by atoms with Crippen LogP contribution in [0.1, 0.15) is 62.7 Å². The van der Waals surface area contributed by atoms with Crippen LogP contribution in [0.5, 0.6) is 0 Å². The van der Waals surface area contributed by atoms with Crippen LogP contribution in [-0.4, -0.2) is 33.5 Å². The number of unbranched alkanes of at least 4 members (excludes halogenated alkanes) is 3. The zero-order valence-electron chi connectivity index (χ0n) is 20.8. The molecule has 1 heterocycles. The molecule has 3 N–H and O–H groups in total. The van der Waals surface area contributed by atoms with E-state index in [1.165, 1.54) is 18.8 Å². The van der Waals surface area contributed by atoms with E-state index in [1.807, 2.05) is 53.4 Å². The topological polar surface area (TPSA) is 107 Å². The molecule has 0 saturated carbocycles. The number of rotatable bonds is 11. The van der Waals surface area contributed by atoms with E-state index < -0.39 is 0 Å². The van der Waals surface area contributed by atoms with Gasteiger partial charge in [0.05, 0.1) is 16.3 Å². The molecule has 3 aromatic rings. The van der Waals surface area contributed by atoms with Gasteiger partial charge in [-0.15, -0.1) is 0 Å². The van der Waals surface area contributed by atoms with Gasteiger partial charge >= 0.3 is 0 Å². The average molecular weight is 512 g/mol. The third kappa shape index (κ3) is 9.28. The largest absolute Gasteiger partial charge is 0.352 e. The van der Waals surface area contributed by atoms with Gasteiger partial charge in [0.2, 0.25) is 11.9 Å². The van der Waals surface area contributed by atoms with Crippen LogP contribution in [-0.2, 0) is 4.79 Å². The molecule has 3 rings (SSSR count). The fourth-order valence-corrected chi connectivity index (χ4v) is 3.47. The van der Waals surface area contributed by atoms with E-state index in [1.54, 1.807) is 11.5 Å². The fraction of sp³-hybridized carbons (Fsp3) is 0.333. The molecule has 2 amide bonds. The number of aromatic nitrogens is 2. The number of hydrogen-bond acceptors (Lipinski definition) is 6. The van der Waals surface area contributed by atoms with Gasteiger partial charge in [-0.1, -0.05) is 75.0 Å². The lowest BCUT2D eigenvalue weighted by Crippen LogP contribution is -2.25. The molecule has 0 atom stereocenters. The highest BCUT2D eigenvalue weighted by Gasteiger charge is 2.18. The highest BCUT2D eigenvalue weighted by Crippen LogP contribution is 2.36. The van der Waals surface area contributed by atoms with E-state index >= 15 is 0 Å². The van der Waals surface area contributed by atoms with Crippen molar-refractivity contribution in [1.29, 1.82) is 0 Å². The van der Waals surface area contributed by atoms with Gasteiger partial charge < -0.3 is 5.32 Å². The minimum atomic E-state index is -0.382. The van der Waals surface area contributed by atoms with Crippen LogP contribution in [0.3, 0.4) is 0 Å². The van der Waals surface area contributed by atoms with E-state index in [4.69, 9.17) is 16.8 Å². The summed E-state index contributed by atoms with van der Waals surface area (Å²) in [6.45, 7) is 4.77. The number of carbonyl (C=O) groups is 2. The molecule has 0 aliphatic heterocycles. The van der Waals surface area contributed by atoms with Gasteiger partial charge in [-0.05, 0) is 37.1 Å². The van der Waals surface area contributed by atoms with E-state index in [-0.39, 0.29) is 11.8 Å². The summed E-state index contributed by atoms with van der Waals surface area (Å²) in [4.78, 5) is 34.1. The van der Waals surface area contributed by atoms with Crippen molar-refractivity contribution in [3.63, 3.8) is 0 Å². The Hall–Kier alpha value is -3.49. The van der Waals surface area contributed by atoms with Gasteiger partial charge in [0.15, 0.2) is 0 Å². The van der Waals surface area contributed by atoms with Crippen LogP contribution >= 0.6 is 11.6 Å². The Morgan fingerprint density at radius 2 is 1.53 bits per heavy atom. The number of hydroxylamine groups is 1. The van der Waals surface area contributed by atoms with Crippen LogP contribution in [0.4, 0.5) is 17.3 Å². The number of para-hydroxylation sites is 2. The molecule has 0 aliphatic carbocycles. The van der Waals surface area contributed by atoms with Gasteiger partial charge in [0, 0.05) is 31.0 Å². The number of halogens is 1. The van der Waals surface area contributed by atoms with Gasteiger partial charge in [0.25, 0.3) is 5.91 Å². The van der Waals surface area contributed by atoms with Crippen molar-refractivity contribution < 1.29 is 14.8 Å². The van der Waals surface area contributed by atoms with Gasteiger partial charge in [-0.25, -0.2) is 15.4 Å². The van der Waals surface area contributed by atoms with E-state index in [0.717, 1.165) is 30.6 Å². The summed E-state index contributed by atoms with van der Waals surface area (Å²) in [5.74, 6) is -0.227. The molecule has 192 valence electrons. The van der Waals surface area contributed by atoms with Crippen LogP contribution in [0.25, 0.3) is 0 Å². The molecule has 0 bridgehead atoms. The lowest BCUT2D eigenvalue weighted by atomic mass is 10.1. The zero-order chi connectivity index (χ0) is 26.2. The van der Waals surface area contributed by atoms with Crippen molar-refractivity contribution in [3.05, 3.63) is 77.6 Å². The Kier molecular flexibility index (Phi) is 13.0. The van der Waals surface area contributed by atoms with Gasteiger partial charge in [0.1, 0.15) is 0 Å². The second-order valence-corrected chi connectivity index (χ2v) is 8.46. The summed E-state index contributed by atoms with van der Waals surface area (Å²) < 4.78 is 0. The van der Waals surface area contributed by atoms with Gasteiger partial charge in [-0.2, -0.15) is 0 Å². The standard InChI is InChI=1S/C24H26ClN5O3.C3H8/c25-20-12-7-8-13-21(20)30(19-10-4-3-5-11-19)24-27-16-18(17-28-24)23(32)26-15-9-2-1-6-14-22(31)29-33;1-3-2/h3-5,7-8,10-13,16-17,33H,1-2,6,9,14-15H2,(H,26,32)(H,29,31);3H2,1-2H3. The molecule has 0 aliphatic rings. The van der Waals surface area contributed by atoms with Crippen LogP contribution < -0.4 is 15.7 Å². The molecule has 0 saturated heterocycles. The molecule has 0 fully saturated rings. The fourth-order valence-electron chi connectivity index (χ4n) is 3.25. The smallest absolute Gasteiger partial charge is 0.254 e. The monoisotopic (exact) mass is 511 g/mol. The van der Waals surface area contributed by atoms with E-state index in [2.05, 4.69) is 29.1 Å². The van der Waals surface area contributed by atoms with Gasteiger partial charge in [-0.3, -0.25) is 19.7 Å². The van der Waals surface area contributed by atoms with Crippen molar-refractivity contribution in [2.24, 2.45) is 0 Å². The number of benzene rings is 2. The summed E-state index contributed by atoms with van der Waals surface area (Å²) in [7, 11) is 0. The third-order valence-electron chi connectivity index (χ3n) is 4.95. The first kappa shape index (κ1) is 28.7. The van der Waals surface area contributed by atoms with Crippen molar-refractivity contribution >= 4 is 40.7 Å². The maximum atomic E-state index is 12.4. The molecular formula is C27H34ClN5O3. The highest BCUT2D eigenvalue weighted by atomic mass is 35.5. The number of amides is 2. The summed E-state index contributed by atoms with van der Waals surface area (Å²) in [5, 5.41) is 11.9. The predicted octanol–water partition coefficient (Wildman–Crippen LogP) is 6.20. The summed E-state index contributed by atoms with van der Waals surface area (Å²) in [6, 6.07) is 17.1. The van der Waals surface area contributed by atoms with Crippen molar-refractivity contribution in [1.82, 2.24) is 20.8 Å². The minimum Gasteiger partial charge on any atom is -0.352 e. The van der Waals surface area contributed by atoms with Crippen molar-refractivity contribution in [2.45, 2.75) is 52.4 Å². The quantitative estimate of drug-likeness (QED) is 0.161. The second-order valence-electron chi connectivity index (χ2n) is 8.06. The second kappa shape index (κ2) is 16.2. The van der Waals surface area contributed by atoms with E-state index in [0.29, 0.717) is 35.9 Å². The molecule has 2 aromatic carbocycles. The van der Waals surface area contributed by atoms with Crippen molar-refractivity contribution in [3.8, 4) is 0 Å². The number of carbonyl (C=O) groups excluding carboxylic acids is 2. The van der Waals surface area contributed by atoms with Crippen molar-refractivity contribution in [2.75, 3.05) is 11.4 Å². The number of anilines is 3. The van der Waals surface area contributed by atoms with Crippen LogP contribution in [0, 0.1) is 0 Å². The zero-order valence-corrected chi connectivity index (χ0v) is 21.5. The maximum Gasteiger partial charge on any atom is 0.254 e. The Bertz CT molecular complexity index is 1060. The Morgan fingerprint density at radius 3 is 2.17 bits per heavy atom. The lowest BCUT2D eigenvalue weighted by molar-refractivity contribution is -0.129. The third-order valence-corrected chi connectivity index (χ3v) is 5.27. The summed E-state index contributed by atoms with van der Waals surface area (Å²) >= 11 is 6.43.